The summed E-state index contributed by atoms with van der Waals surface area (Å²) in [7, 11) is 2.08. The molecule has 0 aliphatic carbocycles. The zero-order valence-electron chi connectivity index (χ0n) is 11.9. The average Bonchev–Trinajstić information content (AvgIpc) is 2.93. The molecule has 2 aromatic rings. The highest BCUT2D eigenvalue weighted by atomic mass is 16.5. The number of ether oxygens (including phenoxy) is 1. The summed E-state index contributed by atoms with van der Waals surface area (Å²) in [6.07, 6.45) is 3.22. The standard InChI is InChI=1S/C13H19N7O/c1-20-2-3-21-6-8(20)4-16-9-5-17-13-11(18-7-19-13)10(9)12(14)15/h5,7-8,16H,2-4,6H2,1H3,(H3,14,15)(H,17,18,19). The number of nitrogens with one attached hydrogen (secondary N) is 3. The second-order valence-corrected chi connectivity index (χ2v) is 5.15. The van der Waals surface area contributed by atoms with Crippen molar-refractivity contribution in [2.75, 3.05) is 38.7 Å². The number of rotatable bonds is 4. The number of nitrogen functional groups attached to an aromatic ring is 1. The third kappa shape index (κ3) is 2.67. The van der Waals surface area contributed by atoms with Crippen molar-refractivity contribution < 1.29 is 4.74 Å². The molecule has 0 spiro atoms. The number of nitrogens with zero attached hydrogens (tertiary/aromatic N) is 3. The number of hydrogen-bond donors (Lipinski definition) is 4. The summed E-state index contributed by atoms with van der Waals surface area (Å²) in [5.41, 5.74) is 8.29. The maximum atomic E-state index is 7.79. The molecule has 0 radical (unpaired) electrons. The second kappa shape index (κ2) is 5.66. The van der Waals surface area contributed by atoms with E-state index in [1.54, 1.807) is 12.5 Å². The molecule has 0 saturated carbocycles. The van der Waals surface area contributed by atoms with E-state index in [1.165, 1.54) is 0 Å². The SMILES string of the molecule is CN1CCOCC1CNc1cnc2nc[nH]c2c1C(=N)N. The summed E-state index contributed by atoms with van der Waals surface area (Å²) in [6, 6.07) is 0.288. The predicted octanol–water partition coefficient (Wildman–Crippen LogP) is -0.0155. The Morgan fingerprint density at radius 2 is 2.48 bits per heavy atom. The Labute approximate surface area is 122 Å². The molecule has 1 unspecified atom stereocenters. The third-order valence-corrected chi connectivity index (χ3v) is 3.77. The number of amidine groups is 1. The van der Waals surface area contributed by atoms with Crippen LogP contribution in [0.15, 0.2) is 12.5 Å². The largest absolute Gasteiger partial charge is 0.384 e. The van der Waals surface area contributed by atoms with Gasteiger partial charge in [0, 0.05) is 13.1 Å². The molecule has 112 valence electrons. The van der Waals surface area contributed by atoms with E-state index in [-0.39, 0.29) is 11.9 Å². The molecule has 0 aromatic carbocycles. The molecule has 5 N–H and O–H groups in total. The first-order valence-corrected chi connectivity index (χ1v) is 6.85. The van der Waals surface area contributed by atoms with Gasteiger partial charge in [-0.05, 0) is 7.05 Å². The van der Waals surface area contributed by atoms with Gasteiger partial charge in [0.1, 0.15) is 5.84 Å². The maximum absolute atomic E-state index is 7.79. The first-order valence-electron chi connectivity index (χ1n) is 6.85. The highest BCUT2D eigenvalue weighted by Crippen LogP contribution is 2.21. The smallest absolute Gasteiger partial charge is 0.178 e. The Morgan fingerprint density at radius 3 is 3.24 bits per heavy atom. The number of aromatic amines is 1. The van der Waals surface area contributed by atoms with E-state index in [0.717, 1.165) is 18.8 Å². The molecule has 8 nitrogen and oxygen atoms in total. The fourth-order valence-corrected chi connectivity index (χ4v) is 2.49. The van der Waals surface area contributed by atoms with E-state index in [0.29, 0.717) is 29.9 Å². The second-order valence-electron chi connectivity index (χ2n) is 5.15. The highest BCUT2D eigenvalue weighted by Gasteiger charge is 2.20. The van der Waals surface area contributed by atoms with Crippen LogP contribution in [0.4, 0.5) is 5.69 Å². The molecule has 1 atom stereocenters. The summed E-state index contributed by atoms with van der Waals surface area (Å²) in [6.45, 7) is 3.09. The van der Waals surface area contributed by atoms with Gasteiger partial charge in [-0.1, -0.05) is 0 Å². The number of H-pyrrole nitrogens is 1. The van der Waals surface area contributed by atoms with Crippen LogP contribution in [0, 0.1) is 5.41 Å². The third-order valence-electron chi connectivity index (χ3n) is 3.77. The molecule has 1 aliphatic rings. The van der Waals surface area contributed by atoms with E-state index in [2.05, 4.69) is 32.2 Å². The van der Waals surface area contributed by atoms with Gasteiger partial charge in [0.05, 0.1) is 48.5 Å². The van der Waals surface area contributed by atoms with Crippen molar-refractivity contribution in [1.82, 2.24) is 19.9 Å². The van der Waals surface area contributed by atoms with Crippen LogP contribution in [-0.2, 0) is 4.74 Å². The van der Waals surface area contributed by atoms with Crippen LogP contribution in [0.5, 0.6) is 0 Å². The van der Waals surface area contributed by atoms with E-state index in [1.807, 2.05) is 0 Å². The van der Waals surface area contributed by atoms with Crippen LogP contribution in [0.2, 0.25) is 0 Å². The lowest BCUT2D eigenvalue weighted by molar-refractivity contribution is 0.0110. The van der Waals surface area contributed by atoms with Crippen molar-refractivity contribution in [2.45, 2.75) is 6.04 Å². The number of aromatic nitrogens is 3. The zero-order valence-corrected chi connectivity index (χ0v) is 11.9. The quantitative estimate of drug-likeness (QED) is 0.464. The number of likely N-dealkylation sites (N-methyl/N-ethyl adjacent to an activating group) is 1. The molecule has 1 fully saturated rings. The van der Waals surface area contributed by atoms with E-state index >= 15 is 0 Å². The van der Waals surface area contributed by atoms with Gasteiger partial charge in [0.25, 0.3) is 0 Å². The van der Waals surface area contributed by atoms with E-state index < -0.39 is 0 Å². The number of fused-ring (bicyclic) bond motifs is 1. The van der Waals surface area contributed by atoms with E-state index in [4.69, 9.17) is 15.9 Å². The van der Waals surface area contributed by atoms with Crippen molar-refractivity contribution in [2.24, 2.45) is 5.73 Å². The molecule has 2 aromatic heterocycles. The Hall–Kier alpha value is -2.19. The van der Waals surface area contributed by atoms with Gasteiger partial charge in [-0.3, -0.25) is 10.3 Å². The average molecular weight is 289 g/mol. The molecular weight excluding hydrogens is 270 g/mol. The van der Waals surface area contributed by atoms with Crippen molar-refractivity contribution in [1.29, 1.82) is 5.41 Å². The molecule has 1 saturated heterocycles. The lowest BCUT2D eigenvalue weighted by Crippen LogP contribution is -2.46. The number of hydrogen-bond acceptors (Lipinski definition) is 6. The molecule has 0 amide bonds. The summed E-state index contributed by atoms with van der Waals surface area (Å²) >= 11 is 0. The monoisotopic (exact) mass is 289 g/mol. The molecular formula is C13H19N7O. The van der Waals surface area contributed by atoms with Crippen LogP contribution in [0.1, 0.15) is 5.56 Å². The van der Waals surface area contributed by atoms with Gasteiger partial charge in [0.15, 0.2) is 5.65 Å². The topological polar surface area (TPSA) is 116 Å². The van der Waals surface area contributed by atoms with E-state index in [9.17, 15) is 0 Å². The Bertz CT molecular complexity index is 653. The molecule has 0 bridgehead atoms. The van der Waals surface area contributed by atoms with Gasteiger partial charge in [-0.15, -0.1) is 0 Å². The Balaban J connectivity index is 1.83. The lowest BCUT2D eigenvalue weighted by atomic mass is 10.1. The maximum Gasteiger partial charge on any atom is 0.178 e. The van der Waals surface area contributed by atoms with Gasteiger partial charge >= 0.3 is 0 Å². The van der Waals surface area contributed by atoms with Crippen molar-refractivity contribution in [3.8, 4) is 0 Å². The number of imidazole rings is 1. The number of pyridine rings is 1. The number of anilines is 1. The van der Waals surface area contributed by atoms with Crippen LogP contribution < -0.4 is 11.1 Å². The fourth-order valence-electron chi connectivity index (χ4n) is 2.49. The summed E-state index contributed by atoms with van der Waals surface area (Å²) in [5, 5.41) is 11.1. The Kier molecular flexibility index (Phi) is 3.72. The minimum Gasteiger partial charge on any atom is -0.384 e. The molecule has 3 heterocycles. The Morgan fingerprint density at radius 1 is 1.62 bits per heavy atom. The summed E-state index contributed by atoms with van der Waals surface area (Å²) in [5.74, 6) is -0.0117. The molecule has 21 heavy (non-hydrogen) atoms. The van der Waals surface area contributed by atoms with Crippen molar-refractivity contribution in [3.05, 3.63) is 18.1 Å². The van der Waals surface area contributed by atoms with Gasteiger partial charge < -0.3 is 20.8 Å². The number of nitrogens with two attached hydrogens (primary N) is 1. The normalized spacial score (nSPS) is 19.8. The van der Waals surface area contributed by atoms with Gasteiger partial charge in [-0.25, -0.2) is 9.97 Å². The summed E-state index contributed by atoms with van der Waals surface area (Å²) < 4.78 is 5.50. The highest BCUT2D eigenvalue weighted by molar-refractivity contribution is 6.09. The fraction of sp³-hybridized carbons (Fsp3) is 0.462. The number of morpholine rings is 1. The van der Waals surface area contributed by atoms with Crippen LogP contribution in [-0.4, -0.2) is 65.1 Å². The summed E-state index contributed by atoms with van der Waals surface area (Å²) in [4.78, 5) is 13.6. The lowest BCUT2D eigenvalue weighted by Gasteiger charge is -2.32. The van der Waals surface area contributed by atoms with Crippen LogP contribution >= 0.6 is 0 Å². The molecule has 8 heteroatoms. The van der Waals surface area contributed by atoms with Gasteiger partial charge in [0.2, 0.25) is 0 Å². The predicted molar refractivity (Wildman–Crippen MR) is 80.6 cm³/mol. The first-order chi connectivity index (χ1) is 10.2. The van der Waals surface area contributed by atoms with Crippen LogP contribution in [0.3, 0.4) is 0 Å². The first kappa shape index (κ1) is 13.8. The zero-order chi connectivity index (χ0) is 14.8. The van der Waals surface area contributed by atoms with Crippen molar-refractivity contribution >= 4 is 22.7 Å². The van der Waals surface area contributed by atoms with Gasteiger partial charge in [-0.2, -0.15) is 0 Å². The van der Waals surface area contributed by atoms with Crippen LogP contribution in [0.25, 0.3) is 11.2 Å². The molecule has 3 rings (SSSR count). The minimum atomic E-state index is -0.0117. The van der Waals surface area contributed by atoms with Crippen molar-refractivity contribution in [3.63, 3.8) is 0 Å². The minimum absolute atomic E-state index is 0.0117. The molecule has 1 aliphatic heterocycles.